The van der Waals surface area contributed by atoms with E-state index < -0.39 is 0 Å². The summed E-state index contributed by atoms with van der Waals surface area (Å²) in [6.45, 7) is 14.5. The van der Waals surface area contributed by atoms with Crippen molar-refractivity contribution in [3.8, 4) is 0 Å². The largest absolute Gasteiger partial charge is 0.357 e. The molecule has 1 saturated carbocycles. The fourth-order valence-electron chi connectivity index (χ4n) is 4.05. The molecule has 0 aromatic carbocycles. The van der Waals surface area contributed by atoms with Gasteiger partial charge in [-0.05, 0) is 45.6 Å². The maximum atomic E-state index is 4.96. The van der Waals surface area contributed by atoms with E-state index in [0.717, 1.165) is 37.4 Å². The van der Waals surface area contributed by atoms with Gasteiger partial charge in [0.25, 0.3) is 0 Å². The molecule has 0 spiro atoms. The molecule has 1 atom stereocenters. The molecular formula is C20H42IN5. The summed E-state index contributed by atoms with van der Waals surface area (Å²) < 4.78 is 0. The molecule has 2 fully saturated rings. The first kappa shape index (κ1) is 24.0. The highest BCUT2D eigenvalue weighted by atomic mass is 127. The van der Waals surface area contributed by atoms with Crippen LogP contribution in [0.3, 0.4) is 0 Å². The summed E-state index contributed by atoms with van der Waals surface area (Å²) >= 11 is 0. The Labute approximate surface area is 179 Å². The topological polar surface area (TPSA) is 34.1 Å². The summed E-state index contributed by atoms with van der Waals surface area (Å²) in [4.78, 5) is 12.3. The fraction of sp³-hybridized carbons (Fsp3) is 0.950. The number of nitrogens with one attached hydrogen (secondary N) is 1. The van der Waals surface area contributed by atoms with Crippen LogP contribution in [0.4, 0.5) is 0 Å². The molecule has 0 amide bonds. The van der Waals surface area contributed by atoms with Gasteiger partial charge in [-0.25, -0.2) is 0 Å². The zero-order valence-electron chi connectivity index (χ0n) is 17.7. The van der Waals surface area contributed by atoms with Gasteiger partial charge < -0.3 is 15.1 Å². The lowest BCUT2D eigenvalue weighted by molar-refractivity contribution is 0.122. The average molecular weight is 479 g/mol. The highest BCUT2D eigenvalue weighted by Crippen LogP contribution is 2.28. The molecule has 1 aliphatic heterocycles. The number of guanidine groups is 1. The third-order valence-electron chi connectivity index (χ3n) is 6.03. The lowest BCUT2D eigenvalue weighted by Gasteiger charge is -2.36. The summed E-state index contributed by atoms with van der Waals surface area (Å²) in [6, 6.07) is 0.520. The number of halogens is 1. The van der Waals surface area contributed by atoms with Crippen LogP contribution in [0.25, 0.3) is 0 Å². The average Bonchev–Trinajstić information content (AvgIpc) is 2.60. The SMILES string of the molecule is CCNC(=NCC(C)N1CCN(C)CC1)N(C)CC1CCC(C)CC1.I. The predicted molar refractivity (Wildman–Crippen MR) is 124 cm³/mol. The molecule has 154 valence electrons. The molecule has 1 unspecified atom stereocenters. The Bertz CT molecular complexity index is 401. The summed E-state index contributed by atoms with van der Waals surface area (Å²) in [5.41, 5.74) is 0. The first-order chi connectivity index (χ1) is 12.0. The molecule has 26 heavy (non-hydrogen) atoms. The van der Waals surface area contributed by atoms with Gasteiger partial charge >= 0.3 is 0 Å². The first-order valence-corrected chi connectivity index (χ1v) is 10.4. The van der Waals surface area contributed by atoms with Gasteiger partial charge in [-0.15, -0.1) is 24.0 Å². The fourth-order valence-corrected chi connectivity index (χ4v) is 4.05. The van der Waals surface area contributed by atoms with Crippen LogP contribution in [0, 0.1) is 11.8 Å². The zero-order chi connectivity index (χ0) is 18.2. The standard InChI is InChI=1S/C20H41N5.HI/c1-6-21-20(24(5)16-19-9-7-17(2)8-10-19)22-15-18(3)25-13-11-23(4)12-14-25;/h17-19H,6-16H2,1-5H3,(H,21,22);1H. The Morgan fingerprint density at radius 2 is 1.77 bits per heavy atom. The summed E-state index contributed by atoms with van der Waals surface area (Å²) in [6.07, 6.45) is 5.55. The molecule has 1 aliphatic carbocycles. The van der Waals surface area contributed by atoms with Crippen molar-refractivity contribution in [2.45, 2.75) is 52.5 Å². The molecule has 0 aromatic rings. The number of nitrogens with zero attached hydrogens (tertiary/aromatic N) is 4. The van der Waals surface area contributed by atoms with Crippen LogP contribution in [0.2, 0.25) is 0 Å². The maximum Gasteiger partial charge on any atom is 0.193 e. The summed E-state index contributed by atoms with van der Waals surface area (Å²) in [5, 5.41) is 3.50. The van der Waals surface area contributed by atoms with Crippen molar-refractivity contribution in [1.82, 2.24) is 20.0 Å². The Hall–Kier alpha value is -0.0800. The molecule has 1 saturated heterocycles. The zero-order valence-corrected chi connectivity index (χ0v) is 20.0. The summed E-state index contributed by atoms with van der Waals surface area (Å²) in [5.74, 6) is 2.84. The maximum absolute atomic E-state index is 4.96. The molecule has 5 nitrogen and oxygen atoms in total. The minimum absolute atomic E-state index is 0. The van der Waals surface area contributed by atoms with E-state index >= 15 is 0 Å². The highest BCUT2D eigenvalue weighted by Gasteiger charge is 2.22. The first-order valence-electron chi connectivity index (χ1n) is 10.4. The van der Waals surface area contributed by atoms with E-state index in [0.29, 0.717) is 6.04 Å². The Morgan fingerprint density at radius 1 is 1.15 bits per heavy atom. The summed E-state index contributed by atoms with van der Waals surface area (Å²) in [7, 11) is 4.42. The van der Waals surface area contributed by atoms with Crippen LogP contribution < -0.4 is 5.32 Å². The van der Waals surface area contributed by atoms with Gasteiger partial charge in [0, 0.05) is 52.4 Å². The van der Waals surface area contributed by atoms with Crippen molar-refractivity contribution in [3.63, 3.8) is 0 Å². The number of aliphatic imine (C=N–C) groups is 1. The molecule has 1 heterocycles. The van der Waals surface area contributed by atoms with Gasteiger partial charge in [-0.3, -0.25) is 9.89 Å². The number of piperazine rings is 1. The second-order valence-electron chi connectivity index (χ2n) is 8.39. The van der Waals surface area contributed by atoms with E-state index in [-0.39, 0.29) is 24.0 Å². The van der Waals surface area contributed by atoms with Gasteiger partial charge in [0.1, 0.15) is 0 Å². The van der Waals surface area contributed by atoms with Gasteiger partial charge in [-0.1, -0.05) is 19.8 Å². The molecule has 0 bridgehead atoms. The van der Waals surface area contributed by atoms with Crippen LogP contribution in [0.1, 0.15) is 46.5 Å². The monoisotopic (exact) mass is 479 g/mol. The molecule has 2 rings (SSSR count). The number of likely N-dealkylation sites (N-methyl/N-ethyl adjacent to an activating group) is 1. The van der Waals surface area contributed by atoms with Gasteiger partial charge in [-0.2, -0.15) is 0 Å². The van der Waals surface area contributed by atoms with Crippen LogP contribution in [-0.4, -0.2) is 86.6 Å². The van der Waals surface area contributed by atoms with Crippen molar-refractivity contribution in [2.75, 3.05) is 59.9 Å². The molecule has 1 N–H and O–H groups in total. The van der Waals surface area contributed by atoms with E-state index in [1.165, 1.54) is 51.9 Å². The van der Waals surface area contributed by atoms with Crippen LogP contribution in [0.5, 0.6) is 0 Å². The van der Waals surface area contributed by atoms with Gasteiger partial charge in [0.05, 0.1) is 6.54 Å². The molecular weight excluding hydrogens is 437 g/mol. The van der Waals surface area contributed by atoms with Gasteiger partial charge in [0.2, 0.25) is 0 Å². The van der Waals surface area contributed by atoms with Crippen molar-refractivity contribution < 1.29 is 0 Å². The normalized spacial score (nSPS) is 26.9. The van der Waals surface area contributed by atoms with Crippen molar-refractivity contribution >= 4 is 29.9 Å². The van der Waals surface area contributed by atoms with Crippen LogP contribution >= 0.6 is 24.0 Å². The predicted octanol–water partition coefficient (Wildman–Crippen LogP) is 2.96. The van der Waals surface area contributed by atoms with Crippen LogP contribution in [0.15, 0.2) is 4.99 Å². The van der Waals surface area contributed by atoms with Crippen LogP contribution in [-0.2, 0) is 0 Å². The lowest BCUT2D eigenvalue weighted by atomic mass is 9.83. The molecule has 0 aromatic heterocycles. The van der Waals surface area contributed by atoms with E-state index in [4.69, 9.17) is 4.99 Å². The quantitative estimate of drug-likeness (QED) is 0.361. The number of hydrogen-bond acceptors (Lipinski definition) is 3. The van der Waals surface area contributed by atoms with E-state index in [1.807, 2.05) is 0 Å². The Kier molecular flexibility index (Phi) is 11.4. The highest BCUT2D eigenvalue weighted by molar-refractivity contribution is 14.0. The third kappa shape index (κ3) is 7.89. The van der Waals surface area contributed by atoms with Gasteiger partial charge in [0.15, 0.2) is 5.96 Å². The second kappa shape index (κ2) is 12.4. The molecule has 6 heteroatoms. The molecule has 2 aliphatic rings. The van der Waals surface area contributed by atoms with E-state index in [2.05, 4.69) is 54.9 Å². The Morgan fingerprint density at radius 3 is 2.35 bits per heavy atom. The van der Waals surface area contributed by atoms with E-state index in [9.17, 15) is 0 Å². The van der Waals surface area contributed by atoms with Crippen molar-refractivity contribution in [1.29, 1.82) is 0 Å². The second-order valence-corrected chi connectivity index (χ2v) is 8.39. The third-order valence-corrected chi connectivity index (χ3v) is 6.03. The molecule has 0 radical (unpaired) electrons. The minimum atomic E-state index is 0. The lowest BCUT2D eigenvalue weighted by Crippen LogP contribution is -2.49. The van der Waals surface area contributed by atoms with Crippen molar-refractivity contribution in [3.05, 3.63) is 0 Å². The van der Waals surface area contributed by atoms with Crippen molar-refractivity contribution in [2.24, 2.45) is 16.8 Å². The Balaban J connectivity index is 0.00000338. The van der Waals surface area contributed by atoms with E-state index in [1.54, 1.807) is 0 Å². The smallest absolute Gasteiger partial charge is 0.193 e. The minimum Gasteiger partial charge on any atom is -0.357 e. The number of rotatable bonds is 6. The number of hydrogen-bond donors (Lipinski definition) is 1.